The highest BCUT2D eigenvalue weighted by Gasteiger charge is 2.22. The number of hydrogen-bond donors (Lipinski definition) is 2. The first-order valence-electron chi connectivity index (χ1n) is 6.14. The number of sulfonamides is 1. The van der Waals surface area contributed by atoms with E-state index in [4.69, 9.17) is 5.26 Å². The third-order valence-electron chi connectivity index (χ3n) is 2.63. The Bertz CT molecular complexity index is 609. The largest absolute Gasteiger partial charge is 0.392 e. The summed E-state index contributed by atoms with van der Waals surface area (Å²) in [5, 5.41) is 18.5. The molecule has 0 saturated carbocycles. The van der Waals surface area contributed by atoms with Crippen LogP contribution in [0.2, 0.25) is 0 Å². The molecule has 1 aromatic rings. The molecule has 7 heteroatoms. The normalized spacial score (nSPS) is 13.2. The number of nitrogens with zero attached hydrogens (tertiary/aromatic N) is 1. The van der Waals surface area contributed by atoms with E-state index in [0.717, 1.165) is 12.1 Å². The van der Waals surface area contributed by atoms with Gasteiger partial charge in [0.05, 0.1) is 6.10 Å². The van der Waals surface area contributed by atoms with Crippen molar-refractivity contribution in [3.63, 3.8) is 0 Å². The van der Waals surface area contributed by atoms with Crippen LogP contribution in [0.25, 0.3) is 0 Å². The molecule has 20 heavy (non-hydrogen) atoms. The van der Waals surface area contributed by atoms with Crippen molar-refractivity contribution in [2.75, 3.05) is 6.54 Å². The van der Waals surface area contributed by atoms with Crippen molar-refractivity contribution < 1.29 is 17.9 Å². The van der Waals surface area contributed by atoms with Crippen LogP contribution < -0.4 is 4.72 Å². The second kappa shape index (κ2) is 6.79. The number of aliphatic hydroxyl groups is 1. The minimum absolute atomic E-state index is 0.179. The standard InChI is InChI=1S/C13H17FN2O3S/c1-9(2)6-10(17)8-16-20(18,19)13-5-3-4-12(14)11(13)7-15/h3-5,9-10,16-17H,6,8H2,1-2H3. The first-order chi connectivity index (χ1) is 9.27. The molecule has 1 aromatic carbocycles. The lowest BCUT2D eigenvalue weighted by atomic mass is 10.1. The second-order valence-corrected chi connectivity index (χ2v) is 6.60. The fourth-order valence-corrected chi connectivity index (χ4v) is 2.98. The number of halogens is 1. The minimum Gasteiger partial charge on any atom is -0.392 e. The Balaban J connectivity index is 2.91. The molecule has 1 rings (SSSR count). The fraction of sp³-hybridized carbons (Fsp3) is 0.462. The van der Waals surface area contributed by atoms with Crippen molar-refractivity contribution >= 4 is 10.0 Å². The van der Waals surface area contributed by atoms with Crippen LogP contribution in [0.1, 0.15) is 25.8 Å². The number of nitriles is 1. The van der Waals surface area contributed by atoms with Gasteiger partial charge in [-0.2, -0.15) is 5.26 Å². The summed E-state index contributed by atoms with van der Waals surface area (Å²) in [4.78, 5) is -0.420. The predicted octanol–water partition coefficient (Wildman–Crippen LogP) is 1.38. The van der Waals surface area contributed by atoms with Crippen molar-refractivity contribution in [1.29, 1.82) is 5.26 Å². The molecule has 0 aliphatic carbocycles. The highest BCUT2D eigenvalue weighted by atomic mass is 32.2. The lowest BCUT2D eigenvalue weighted by Gasteiger charge is -2.14. The molecule has 110 valence electrons. The van der Waals surface area contributed by atoms with E-state index in [-0.39, 0.29) is 12.5 Å². The molecule has 0 spiro atoms. The van der Waals surface area contributed by atoms with E-state index >= 15 is 0 Å². The number of benzene rings is 1. The van der Waals surface area contributed by atoms with Crippen LogP contribution in [0.5, 0.6) is 0 Å². The molecule has 0 heterocycles. The van der Waals surface area contributed by atoms with Crippen LogP contribution in [-0.2, 0) is 10.0 Å². The lowest BCUT2D eigenvalue weighted by molar-refractivity contribution is 0.152. The van der Waals surface area contributed by atoms with Gasteiger partial charge in [0.1, 0.15) is 22.3 Å². The molecule has 0 amide bonds. The summed E-state index contributed by atoms with van der Waals surface area (Å²) in [5.41, 5.74) is -0.529. The zero-order valence-corrected chi connectivity index (χ0v) is 12.1. The Hall–Kier alpha value is -1.49. The summed E-state index contributed by atoms with van der Waals surface area (Å²) >= 11 is 0. The quantitative estimate of drug-likeness (QED) is 0.830. The van der Waals surface area contributed by atoms with Gasteiger partial charge in [0.25, 0.3) is 0 Å². The molecule has 2 N–H and O–H groups in total. The zero-order chi connectivity index (χ0) is 15.3. The lowest BCUT2D eigenvalue weighted by Crippen LogP contribution is -2.33. The molecular formula is C13H17FN2O3S. The van der Waals surface area contributed by atoms with Gasteiger partial charge in [-0.1, -0.05) is 19.9 Å². The molecule has 0 fully saturated rings. The third-order valence-corrected chi connectivity index (χ3v) is 4.10. The first kappa shape index (κ1) is 16.6. The summed E-state index contributed by atoms with van der Waals surface area (Å²) in [6.07, 6.45) is -0.389. The van der Waals surface area contributed by atoms with Crippen LogP contribution in [0.3, 0.4) is 0 Å². The Labute approximate surface area is 118 Å². The number of rotatable bonds is 6. The van der Waals surface area contributed by atoms with Crippen LogP contribution >= 0.6 is 0 Å². The molecule has 0 saturated heterocycles. The first-order valence-corrected chi connectivity index (χ1v) is 7.62. The maximum Gasteiger partial charge on any atom is 0.242 e. The van der Waals surface area contributed by atoms with Crippen molar-refractivity contribution in [2.24, 2.45) is 5.92 Å². The molecular weight excluding hydrogens is 283 g/mol. The zero-order valence-electron chi connectivity index (χ0n) is 11.3. The monoisotopic (exact) mass is 300 g/mol. The molecule has 0 bridgehead atoms. The summed E-state index contributed by atoms with van der Waals surface area (Å²) in [6, 6.07) is 4.92. The maximum atomic E-state index is 13.4. The van der Waals surface area contributed by atoms with Gasteiger partial charge in [0.2, 0.25) is 10.0 Å². The minimum atomic E-state index is -4.03. The van der Waals surface area contributed by atoms with E-state index in [0.29, 0.717) is 6.42 Å². The van der Waals surface area contributed by atoms with E-state index in [1.807, 2.05) is 13.8 Å². The van der Waals surface area contributed by atoms with Gasteiger partial charge >= 0.3 is 0 Å². The van der Waals surface area contributed by atoms with Gasteiger partial charge in [-0.05, 0) is 24.5 Å². The van der Waals surface area contributed by atoms with Gasteiger partial charge in [-0.3, -0.25) is 0 Å². The molecule has 5 nitrogen and oxygen atoms in total. The fourth-order valence-electron chi connectivity index (χ4n) is 1.75. The van der Waals surface area contributed by atoms with Gasteiger partial charge in [-0.25, -0.2) is 17.5 Å². The molecule has 0 aromatic heterocycles. The molecule has 0 aliphatic rings. The Morgan fingerprint density at radius 1 is 1.45 bits per heavy atom. The summed E-state index contributed by atoms with van der Waals surface area (Å²) < 4.78 is 39.6. The number of nitrogens with one attached hydrogen (secondary N) is 1. The Morgan fingerprint density at radius 3 is 2.65 bits per heavy atom. The highest BCUT2D eigenvalue weighted by Crippen LogP contribution is 2.17. The number of hydrogen-bond acceptors (Lipinski definition) is 4. The van der Waals surface area contributed by atoms with Gasteiger partial charge in [0, 0.05) is 6.54 Å². The van der Waals surface area contributed by atoms with Crippen molar-refractivity contribution in [1.82, 2.24) is 4.72 Å². The van der Waals surface area contributed by atoms with Crippen LogP contribution in [-0.4, -0.2) is 26.2 Å². The SMILES string of the molecule is CC(C)CC(O)CNS(=O)(=O)c1cccc(F)c1C#N. The molecule has 0 radical (unpaired) electrons. The van der Waals surface area contributed by atoms with E-state index in [2.05, 4.69) is 4.72 Å². The van der Waals surface area contributed by atoms with Gasteiger partial charge < -0.3 is 5.11 Å². The predicted molar refractivity (Wildman–Crippen MR) is 71.8 cm³/mol. The van der Waals surface area contributed by atoms with Crippen LogP contribution in [0.4, 0.5) is 4.39 Å². The van der Waals surface area contributed by atoms with Gasteiger partial charge in [-0.15, -0.1) is 0 Å². The van der Waals surface area contributed by atoms with E-state index in [9.17, 15) is 17.9 Å². The average Bonchev–Trinajstić information content (AvgIpc) is 2.35. The Morgan fingerprint density at radius 2 is 2.10 bits per heavy atom. The number of aliphatic hydroxyl groups excluding tert-OH is 1. The van der Waals surface area contributed by atoms with Crippen LogP contribution in [0, 0.1) is 23.1 Å². The Kier molecular flexibility index (Phi) is 5.62. The molecule has 1 atom stereocenters. The summed E-state index contributed by atoms with van der Waals surface area (Å²) in [7, 11) is -4.03. The third kappa shape index (κ3) is 4.27. The maximum absolute atomic E-state index is 13.4. The molecule has 0 aliphatic heterocycles. The topological polar surface area (TPSA) is 90.2 Å². The van der Waals surface area contributed by atoms with Gasteiger partial charge in [0.15, 0.2) is 0 Å². The van der Waals surface area contributed by atoms with E-state index < -0.39 is 32.4 Å². The van der Waals surface area contributed by atoms with Crippen molar-refractivity contribution in [3.8, 4) is 6.07 Å². The van der Waals surface area contributed by atoms with Crippen LogP contribution in [0.15, 0.2) is 23.1 Å². The van der Waals surface area contributed by atoms with E-state index in [1.165, 1.54) is 12.1 Å². The summed E-state index contributed by atoms with van der Waals surface area (Å²) in [5.74, 6) is -0.670. The smallest absolute Gasteiger partial charge is 0.242 e. The second-order valence-electron chi connectivity index (χ2n) is 4.86. The highest BCUT2D eigenvalue weighted by molar-refractivity contribution is 7.89. The van der Waals surface area contributed by atoms with E-state index in [1.54, 1.807) is 0 Å². The average molecular weight is 300 g/mol. The summed E-state index contributed by atoms with van der Waals surface area (Å²) in [6.45, 7) is 3.62. The molecule has 1 unspecified atom stereocenters. The van der Waals surface area contributed by atoms with Crippen molar-refractivity contribution in [3.05, 3.63) is 29.6 Å². The van der Waals surface area contributed by atoms with Crippen molar-refractivity contribution in [2.45, 2.75) is 31.3 Å².